The summed E-state index contributed by atoms with van der Waals surface area (Å²) in [5.74, 6) is 0.270. The number of para-hydroxylation sites is 1. The molecule has 0 bridgehead atoms. The number of nitrogens with one attached hydrogen (secondary N) is 1. The summed E-state index contributed by atoms with van der Waals surface area (Å²) in [4.78, 5) is 0. The molecule has 0 amide bonds. The predicted octanol–water partition coefficient (Wildman–Crippen LogP) is 2.45. The Labute approximate surface area is 91.4 Å². The van der Waals surface area contributed by atoms with Crippen molar-refractivity contribution in [2.24, 2.45) is 0 Å². The normalized spacial score (nSPS) is 25.0. The first kappa shape index (κ1) is 11.3. The lowest BCUT2D eigenvalue weighted by molar-refractivity contribution is -0.221. The highest BCUT2D eigenvalue weighted by Gasteiger charge is 2.60. The van der Waals surface area contributed by atoms with Crippen LogP contribution >= 0.6 is 0 Å². The third-order valence-corrected chi connectivity index (χ3v) is 2.98. The summed E-state index contributed by atoms with van der Waals surface area (Å²) < 4.78 is 44.1. The monoisotopic (exact) mass is 231 g/mol. The summed E-state index contributed by atoms with van der Waals surface area (Å²) in [6, 6.07) is 6.25. The van der Waals surface area contributed by atoms with Gasteiger partial charge in [-0.25, -0.2) is 0 Å². The summed E-state index contributed by atoms with van der Waals surface area (Å²) >= 11 is 0. The Balaban J connectivity index is 2.49. The molecule has 1 fully saturated rings. The van der Waals surface area contributed by atoms with E-state index in [0.29, 0.717) is 6.54 Å². The van der Waals surface area contributed by atoms with Gasteiger partial charge < -0.3 is 4.74 Å². The van der Waals surface area contributed by atoms with Crippen LogP contribution in [0, 0.1) is 0 Å². The highest BCUT2D eigenvalue weighted by Crippen LogP contribution is 2.48. The minimum absolute atomic E-state index is 0.0525. The van der Waals surface area contributed by atoms with E-state index >= 15 is 0 Å². The minimum atomic E-state index is -4.31. The van der Waals surface area contributed by atoms with Crippen LogP contribution in [0.1, 0.15) is 12.0 Å². The summed E-state index contributed by atoms with van der Waals surface area (Å²) in [7, 11) is 1.38. The van der Waals surface area contributed by atoms with E-state index in [1.165, 1.54) is 13.2 Å². The van der Waals surface area contributed by atoms with Crippen LogP contribution in [0.4, 0.5) is 13.2 Å². The molecule has 1 aliphatic heterocycles. The molecule has 1 unspecified atom stereocenters. The van der Waals surface area contributed by atoms with Crippen molar-refractivity contribution in [2.75, 3.05) is 13.7 Å². The molecule has 16 heavy (non-hydrogen) atoms. The van der Waals surface area contributed by atoms with E-state index in [9.17, 15) is 13.2 Å². The van der Waals surface area contributed by atoms with Crippen LogP contribution in [0.2, 0.25) is 0 Å². The van der Waals surface area contributed by atoms with Crippen molar-refractivity contribution < 1.29 is 17.9 Å². The van der Waals surface area contributed by atoms with Gasteiger partial charge in [-0.2, -0.15) is 13.2 Å². The van der Waals surface area contributed by atoms with Crippen molar-refractivity contribution in [1.29, 1.82) is 0 Å². The third-order valence-electron chi connectivity index (χ3n) is 2.98. The van der Waals surface area contributed by atoms with Gasteiger partial charge in [0.05, 0.1) is 7.11 Å². The van der Waals surface area contributed by atoms with E-state index in [1.54, 1.807) is 18.2 Å². The van der Waals surface area contributed by atoms with Gasteiger partial charge in [0, 0.05) is 5.56 Å². The number of alkyl halides is 3. The summed E-state index contributed by atoms with van der Waals surface area (Å²) in [5, 5.41) is 2.48. The fourth-order valence-electron chi connectivity index (χ4n) is 2.00. The molecule has 0 saturated carbocycles. The summed E-state index contributed by atoms with van der Waals surface area (Å²) in [5.41, 5.74) is -1.77. The second-order valence-corrected chi connectivity index (χ2v) is 3.78. The molecule has 5 heteroatoms. The van der Waals surface area contributed by atoms with Crippen LogP contribution in [0.25, 0.3) is 0 Å². The zero-order valence-electron chi connectivity index (χ0n) is 8.77. The Morgan fingerprint density at radius 3 is 2.38 bits per heavy atom. The number of benzene rings is 1. The maximum absolute atomic E-state index is 13.0. The van der Waals surface area contributed by atoms with Gasteiger partial charge in [0.2, 0.25) is 0 Å². The van der Waals surface area contributed by atoms with Gasteiger partial charge in [-0.1, -0.05) is 18.2 Å². The number of halogens is 3. The molecular weight excluding hydrogens is 219 g/mol. The first-order chi connectivity index (χ1) is 7.51. The van der Waals surface area contributed by atoms with Gasteiger partial charge in [-0.05, 0) is 19.0 Å². The lowest BCUT2D eigenvalue weighted by atomic mass is 9.79. The van der Waals surface area contributed by atoms with Gasteiger partial charge in [-0.15, -0.1) is 0 Å². The van der Waals surface area contributed by atoms with E-state index in [1.807, 2.05) is 0 Å². The quantitative estimate of drug-likeness (QED) is 0.844. The van der Waals surface area contributed by atoms with Crippen molar-refractivity contribution >= 4 is 0 Å². The lowest BCUT2D eigenvalue weighted by Gasteiger charge is -2.45. The molecule has 1 heterocycles. The first-order valence-electron chi connectivity index (χ1n) is 4.96. The molecule has 1 atom stereocenters. The summed E-state index contributed by atoms with van der Waals surface area (Å²) in [6.45, 7) is 0.373. The van der Waals surface area contributed by atoms with Gasteiger partial charge in [0.25, 0.3) is 0 Å². The SMILES string of the molecule is COc1ccccc1C1(C(F)(F)F)CCN1. The first-order valence-corrected chi connectivity index (χ1v) is 4.96. The van der Waals surface area contributed by atoms with E-state index in [-0.39, 0.29) is 17.7 Å². The Morgan fingerprint density at radius 1 is 1.31 bits per heavy atom. The average molecular weight is 231 g/mol. The van der Waals surface area contributed by atoms with Crippen LogP contribution in [0.5, 0.6) is 5.75 Å². The smallest absolute Gasteiger partial charge is 0.410 e. The molecule has 2 rings (SSSR count). The number of hydrogen-bond donors (Lipinski definition) is 1. The molecule has 1 N–H and O–H groups in total. The molecule has 1 aromatic carbocycles. The van der Waals surface area contributed by atoms with Gasteiger partial charge in [-0.3, -0.25) is 5.32 Å². The van der Waals surface area contributed by atoms with E-state index in [2.05, 4.69) is 5.32 Å². The molecule has 0 radical (unpaired) electrons. The van der Waals surface area contributed by atoms with Crippen LogP contribution in [-0.2, 0) is 5.54 Å². The van der Waals surface area contributed by atoms with E-state index < -0.39 is 11.7 Å². The Kier molecular flexibility index (Phi) is 2.58. The van der Waals surface area contributed by atoms with Crippen LogP contribution in [-0.4, -0.2) is 19.8 Å². The number of methoxy groups -OCH3 is 1. The second-order valence-electron chi connectivity index (χ2n) is 3.78. The van der Waals surface area contributed by atoms with Crippen molar-refractivity contribution in [1.82, 2.24) is 5.32 Å². The van der Waals surface area contributed by atoms with E-state index in [4.69, 9.17) is 4.74 Å². The average Bonchev–Trinajstić information content (AvgIpc) is 2.14. The number of ether oxygens (including phenoxy) is 1. The van der Waals surface area contributed by atoms with Crippen molar-refractivity contribution in [3.8, 4) is 5.75 Å². The van der Waals surface area contributed by atoms with Crippen molar-refractivity contribution in [2.45, 2.75) is 18.1 Å². The molecule has 1 saturated heterocycles. The molecule has 1 aliphatic rings. The van der Waals surface area contributed by atoms with Gasteiger partial charge in [0.1, 0.15) is 11.3 Å². The van der Waals surface area contributed by atoms with Gasteiger partial charge >= 0.3 is 6.18 Å². The predicted molar refractivity (Wildman–Crippen MR) is 53.3 cm³/mol. The standard InChI is InChI=1S/C11H12F3NO/c1-16-9-5-3-2-4-8(9)10(6-7-15-10)11(12,13)14/h2-5,15H,6-7H2,1H3. The molecule has 1 aromatic rings. The molecule has 0 spiro atoms. The topological polar surface area (TPSA) is 21.3 Å². The summed E-state index contributed by atoms with van der Waals surface area (Å²) in [6.07, 6.45) is -4.25. The Hall–Kier alpha value is -1.23. The van der Waals surface area contributed by atoms with Crippen LogP contribution < -0.4 is 10.1 Å². The molecular formula is C11H12F3NO. The zero-order chi connectivity index (χ0) is 11.8. The zero-order valence-corrected chi connectivity index (χ0v) is 8.77. The maximum Gasteiger partial charge on any atom is 0.410 e. The Bertz CT molecular complexity index is 385. The van der Waals surface area contributed by atoms with Crippen molar-refractivity contribution in [3.05, 3.63) is 29.8 Å². The van der Waals surface area contributed by atoms with Gasteiger partial charge in [0.15, 0.2) is 0 Å². The largest absolute Gasteiger partial charge is 0.496 e. The minimum Gasteiger partial charge on any atom is -0.496 e. The van der Waals surface area contributed by atoms with Crippen molar-refractivity contribution in [3.63, 3.8) is 0 Å². The third kappa shape index (κ3) is 1.46. The second kappa shape index (κ2) is 3.66. The van der Waals surface area contributed by atoms with Crippen LogP contribution in [0.3, 0.4) is 0 Å². The highest BCUT2D eigenvalue weighted by atomic mass is 19.4. The molecule has 2 nitrogen and oxygen atoms in total. The number of hydrogen-bond acceptors (Lipinski definition) is 2. The highest BCUT2D eigenvalue weighted by molar-refractivity contribution is 5.42. The molecule has 88 valence electrons. The van der Waals surface area contributed by atoms with E-state index in [0.717, 1.165) is 0 Å². The molecule has 0 aliphatic carbocycles. The Morgan fingerprint density at radius 2 is 1.94 bits per heavy atom. The molecule has 0 aromatic heterocycles. The number of rotatable bonds is 2. The fourth-order valence-corrected chi connectivity index (χ4v) is 2.00. The van der Waals surface area contributed by atoms with Crippen LogP contribution in [0.15, 0.2) is 24.3 Å². The fraction of sp³-hybridized carbons (Fsp3) is 0.455. The maximum atomic E-state index is 13.0. The lowest BCUT2D eigenvalue weighted by Crippen LogP contribution is -2.63.